The van der Waals surface area contributed by atoms with Crippen molar-refractivity contribution in [2.24, 2.45) is 17.3 Å². The van der Waals surface area contributed by atoms with Gasteiger partial charge in [0.25, 0.3) is 0 Å². The van der Waals surface area contributed by atoms with Crippen LogP contribution in [0.4, 0.5) is 0 Å². The first kappa shape index (κ1) is 14.3. The predicted octanol–water partition coefficient (Wildman–Crippen LogP) is 0.945. The highest BCUT2D eigenvalue weighted by Gasteiger charge is 2.49. The summed E-state index contributed by atoms with van der Waals surface area (Å²) in [5.74, 6) is -0.470. The zero-order valence-electron chi connectivity index (χ0n) is 11.8. The van der Waals surface area contributed by atoms with Gasteiger partial charge in [-0.25, -0.2) is 0 Å². The Morgan fingerprint density at radius 3 is 2.42 bits per heavy atom. The molecule has 0 aromatic heterocycles. The van der Waals surface area contributed by atoms with Crippen LogP contribution in [0.15, 0.2) is 0 Å². The largest absolute Gasteiger partial charge is 0.481 e. The van der Waals surface area contributed by atoms with Crippen LogP contribution < -0.4 is 5.32 Å². The maximum Gasteiger partial charge on any atom is 0.311 e. The van der Waals surface area contributed by atoms with E-state index in [1.165, 1.54) is 0 Å². The molecule has 0 radical (unpaired) electrons. The number of piperidine rings is 1. The number of aliphatic carboxylic acids is 1. The molecule has 19 heavy (non-hydrogen) atoms. The van der Waals surface area contributed by atoms with E-state index in [2.05, 4.69) is 5.32 Å². The Kier molecular flexibility index (Phi) is 4.13. The first-order valence-electron chi connectivity index (χ1n) is 7.20. The van der Waals surface area contributed by atoms with Crippen molar-refractivity contribution < 1.29 is 14.7 Å². The number of nitrogens with one attached hydrogen (secondary N) is 1. The number of amides is 1. The quantitative estimate of drug-likeness (QED) is 0.799. The van der Waals surface area contributed by atoms with Crippen LogP contribution in [0.2, 0.25) is 0 Å². The van der Waals surface area contributed by atoms with Gasteiger partial charge in [-0.3, -0.25) is 9.59 Å². The molecular formula is C14H24N2O3. The zero-order chi connectivity index (χ0) is 14.0. The summed E-state index contributed by atoms with van der Waals surface area (Å²) < 4.78 is 0. The molecule has 1 atom stereocenters. The number of likely N-dealkylation sites (tertiary alicyclic amines) is 1. The number of hydrogen-bond acceptors (Lipinski definition) is 3. The fraction of sp³-hybridized carbons (Fsp3) is 0.857. The van der Waals surface area contributed by atoms with E-state index in [-0.39, 0.29) is 17.7 Å². The van der Waals surface area contributed by atoms with Gasteiger partial charge in [0.2, 0.25) is 5.91 Å². The molecule has 5 heteroatoms. The molecule has 2 aliphatic rings. The average Bonchev–Trinajstić information content (AvgIpc) is 2.85. The van der Waals surface area contributed by atoms with Crippen LogP contribution in [0.1, 0.15) is 33.1 Å². The molecule has 108 valence electrons. The van der Waals surface area contributed by atoms with E-state index in [9.17, 15) is 14.7 Å². The molecule has 0 aromatic carbocycles. The van der Waals surface area contributed by atoms with Crippen LogP contribution in [0.3, 0.4) is 0 Å². The molecule has 2 rings (SSSR count). The minimum Gasteiger partial charge on any atom is -0.481 e. The highest BCUT2D eigenvalue weighted by molar-refractivity contribution is 5.82. The highest BCUT2D eigenvalue weighted by atomic mass is 16.4. The Morgan fingerprint density at radius 1 is 1.32 bits per heavy atom. The number of carbonyl (C=O) groups is 2. The van der Waals surface area contributed by atoms with Crippen LogP contribution in [0, 0.1) is 17.3 Å². The molecular weight excluding hydrogens is 244 g/mol. The molecule has 2 aliphatic heterocycles. The predicted molar refractivity (Wildman–Crippen MR) is 71.7 cm³/mol. The minimum absolute atomic E-state index is 0.0517. The summed E-state index contributed by atoms with van der Waals surface area (Å²) in [7, 11) is 0. The molecule has 0 aliphatic carbocycles. The van der Waals surface area contributed by atoms with Gasteiger partial charge >= 0.3 is 5.97 Å². The van der Waals surface area contributed by atoms with Gasteiger partial charge < -0.3 is 15.3 Å². The number of carboxylic acids is 1. The van der Waals surface area contributed by atoms with Crippen LogP contribution in [0.5, 0.6) is 0 Å². The summed E-state index contributed by atoms with van der Waals surface area (Å²) in [6.45, 7) is 6.62. The molecule has 0 bridgehead atoms. The van der Waals surface area contributed by atoms with Crippen LogP contribution in [-0.4, -0.2) is 48.1 Å². The third kappa shape index (κ3) is 2.61. The topological polar surface area (TPSA) is 69.6 Å². The molecule has 0 saturated carbocycles. The summed E-state index contributed by atoms with van der Waals surface area (Å²) in [4.78, 5) is 25.8. The van der Waals surface area contributed by atoms with Crippen molar-refractivity contribution in [1.82, 2.24) is 10.2 Å². The summed E-state index contributed by atoms with van der Waals surface area (Å²) in [5, 5.41) is 12.7. The van der Waals surface area contributed by atoms with Gasteiger partial charge in [-0.15, -0.1) is 0 Å². The van der Waals surface area contributed by atoms with Crippen molar-refractivity contribution in [1.29, 1.82) is 0 Å². The fourth-order valence-corrected chi connectivity index (χ4v) is 3.24. The van der Waals surface area contributed by atoms with Crippen molar-refractivity contribution in [2.75, 3.05) is 26.2 Å². The first-order chi connectivity index (χ1) is 8.97. The summed E-state index contributed by atoms with van der Waals surface area (Å²) in [6.07, 6.45) is 2.32. The molecule has 5 nitrogen and oxygen atoms in total. The Balaban J connectivity index is 2.04. The monoisotopic (exact) mass is 268 g/mol. The van der Waals surface area contributed by atoms with Crippen molar-refractivity contribution >= 4 is 11.9 Å². The van der Waals surface area contributed by atoms with E-state index >= 15 is 0 Å². The van der Waals surface area contributed by atoms with Gasteiger partial charge in [-0.1, -0.05) is 13.8 Å². The minimum atomic E-state index is -0.761. The Hall–Kier alpha value is -1.10. The van der Waals surface area contributed by atoms with Gasteiger partial charge in [-0.2, -0.15) is 0 Å². The average molecular weight is 268 g/mol. The number of hydrogen-bond donors (Lipinski definition) is 2. The Labute approximate surface area is 114 Å². The zero-order valence-corrected chi connectivity index (χ0v) is 11.8. The van der Waals surface area contributed by atoms with E-state index in [4.69, 9.17) is 0 Å². The van der Waals surface area contributed by atoms with Crippen molar-refractivity contribution in [3.05, 3.63) is 0 Å². The van der Waals surface area contributed by atoms with Crippen molar-refractivity contribution in [2.45, 2.75) is 33.1 Å². The summed E-state index contributed by atoms with van der Waals surface area (Å²) >= 11 is 0. The smallest absolute Gasteiger partial charge is 0.311 e. The van der Waals surface area contributed by atoms with Gasteiger partial charge in [0.05, 0.1) is 5.41 Å². The molecule has 2 heterocycles. The second-order valence-corrected chi connectivity index (χ2v) is 6.15. The third-order valence-corrected chi connectivity index (χ3v) is 4.83. The standard InChI is InChI=1S/C14H24N2O3/c1-10(2)14(13(18)19)5-8-16(9-14)12(17)11-3-6-15-7-4-11/h10-11,15H,3-9H2,1-2H3,(H,18,19). The molecule has 2 fully saturated rings. The fourth-order valence-electron chi connectivity index (χ4n) is 3.24. The van der Waals surface area contributed by atoms with Gasteiger partial charge in [0.1, 0.15) is 0 Å². The second-order valence-electron chi connectivity index (χ2n) is 6.15. The lowest BCUT2D eigenvalue weighted by Crippen LogP contribution is -2.44. The summed E-state index contributed by atoms with van der Waals surface area (Å²) in [5.41, 5.74) is -0.747. The van der Waals surface area contributed by atoms with E-state index in [0.717, 1.165) is 25.9 Å². The second kappa shape index (κ2) is 5.49. The van der Waals surface area contributed by atoms with Crippen molar-refractivity contribution in [3.8, 4) is 0 Å². The van der Waals surface area contributed by atoms with Gasteiger partial charge in [-0.05, 0) is 38.3 Å². The normalized spacial score (nSPS) is 28.9. The molecule has 1 amide bonds. The maximum atomic E-state index is 12.4. The van der Waals surface area contributed by atoms with E-state index in [0.29, 0.717) is 19.5 Å². The maximum absolute atomic E-state index is 12.4. The van der Waals surface area contributed by atoms with E-state index in [1.54, 1.807) is 4.90 Å². The molecule has 0 aromatic rings. The van der Waals surface area contributed by atoms with Crippen LogP contribution in [0.25, 0.3) is 0 Å². The van der Waals surface area contributed by atoms with E-state index in [1.807, 2.05) is 13.8 Å². The lowest BCUT2D eigenvalue weighted by atomic mass is 9.76. The molecule has 2 N–H and O–H groups in total. The Morgan fingerprint density at radius 2 is 1.95 bits per heavy atom. The third-order valence-electron chi connectivity index (χ3n) is 4.83. The van der Waals surface area contributed by atoms with Crippen LogP contribution in [-0.2, 0) is 9.59 Å². The Bertz CT molecular complexity index is 364. The van der Waals surface area contributed by atoms with Gasteiger partial charge in [0, 0.05) is 19.0 Å². The molecule has 2 saturated heterocycles. The highest BCUT2D eigenvalue weighted by Crippen LogP contribution is 2.39. The van der Waals surface area contributed by atoms with E-state index < -0.39 is 11.4 Å². The SMILES string of the molecule is CC(C)C1(C(=O)O)CCN(C(=O)C2CCNCC2)C1. The van der Waals surface area contributed by atoms with Crippen LogP contribution >= 0.6 is 0 Å². The number of carboxylic acid groups (broad SMARTS) is 1. The molecule has 0 spiro atoms. The van der Waals surface area contributed by atoms with Gasteiger partial charge in [0.15, 0.2) is 0 Å². The number of nitrogens with zero attached hydrogens (tertiary/aromatic N) is 1. The molecule has 1 unspecified atom stereocenters. The lowest BCUT2D eigenvalue weighted by molar-refractivity contribution is -0.151. The summed E-state index contributed by atoms with van der Waals surface area (Å²) in [6, 6.07) is 0. The lowest BCUT2D eigenvalue weighted by Gasteiger charge is -2.30. The number of carbonyl (C=O) groups excluding carboxylic acids is 1. The first-order valence-corrected chi connectivity index (χ1v) is 7.20. The number of rotatable bonds is 3. The van der Waals surface area contributed by atoms with Crippen molar-refractivity contribution in [3.63, 3.8) is 0 Å².